The largest absolute Gasteiger partial charge is 0.497 e. The summed E-state index contributed by atoms with van der Waals surface area (Å²) >= 11 is 0. The van der Waals surface area contributed by atoms with Crippen LogP contribution < -0.4 is 42.6 Å². The first-order valence-electron chi connectivity index (χ1n) is 25.0. The Morgan fingerprint density at radius 3 is 0.342 bits per heavy atom. The highest BCUT2D eigenvalue weighted by Crippen LogP contribution is 2.62. The summed E-state index contributed by atoms with van der Waals surface area (Å²) in [6.07, 6.45) is 0. The molecule has 0 unspecified atom stereocenters. The summed E-state index contributed by atoms with van der Waals surface area (Å²) in [4.78, 5) is 0. The van der Waals surface area contributed by atoms with Gasteiger partial charge in [-0.05, 0) is 159 Å². The van der Waals surface area contributed by atoms with Crippen LogP contribution in [0.3, 0.4) is 0 Å². The fraction of sp³-hybridized carbons (Fsp3) is 0.182. The molecule has 0 radical (unpaired) electrons. The molecule has 0 aliphatic rings. The molecule has 10 heteroatoms. The van der Waals surface area contributed by atoms with Crippen molar-refractivity contribution in [2.24, 2.45) is 0 Å². The minimum atomic E-state index is -1.23. The zero-order chi connectivity index (χ0) is 53.3. The minimum Gasteiger partial charge on any atom is -0.497 e. The Bertz CT molecular complexity index is 2570. The molecule has 0 heterocycles. The average molecular weight is 1010 g/mol. The van der Waals surface area contributed by atoms with E-state index >= 15 is 0 Å². The highest BCUT2D eigenvalue weighted by Gasteiger charge is 2.68. The molecule has 0 amide bonds. The topological polar surface area (TPSA) is 83.1 Å². The molecular formula is C66H63BO9. The third kappa shape index (κ3) is 9.18. The summed E-state index contributed by atoms with van der Waals surface area (Å²) in [5, 5.41) is -3.70. The van der Waals surface area contributed by atoms with Gasteiger partial charge < -0.3 is 42.6 Å². The van der Waals surface area contributed by atoms with E-state index in [-0.39, 0.29) is 0 Å². The van der Waals surface area contributed by atoms with Crippen LogP contribution in [0.25, 0.3) is 0 Å². The van der Waals surface area contributed by atoms with Crippen molar-refractivity contribution in [3.63, 3.8) is 0 Å². The predicted octanol–water partition coefficient (Wildman–Crippen LogP) is 13.3. The van der Waals surface area contributed by atoms with Crippen molar-refractivity contribution >= 4 is 6.71 Å². The third-order valence-corrected chi connectivity index (χ3v) is 15.2. The highest BCUT2D eigenvalue weighted by atomic mass is 16.5. The van der Waals surface area contributed by atoms with Crippen LogP contribution in [0.5, 0.6) is 51.7 Å². The van der Waals surface area contributed by atoms with Crippen LogP contribution in [0.15, 0.2) is 218 Å². The summed E-state index contributed by atoms with van der Waals surface area (Å²) in [6.45, 7) is -0.743. The third-order valence-electron chi connectivity index (χ3n) is 15.2. The van der Waals surface area contributed by atoms with Crippen LogP contribution in [0.1, 0.15) is 50.1 Å². The molecule has 9 aromatic carbocycles. The molecule has 0 aliphatic carbocycles. The summed E-state index contributed by atoms with van der Waals surface area (Å²) in [6, 6.07) is 76.8. The smallest absolute Gasteiger partial charge is 0.208 e. The van der Waals surface area contributed by atoms with Crippen LogP contribution in [0.4, 0.5) is 0 Å². The molecule has 0 aliphatic heterocycles. The number of rotatable bonds is 21. The van der Waals surface area contributed by atoms with Crippen molar-refractivity contribution in [3.8, 4) is 51.7 Å². The maximum Gasteiger partial charge on any atom is 0.208 e. The van der Waals surface area contributed by atoms with Gasteiger partial charge in [-0.15, -0.1) is 0 Å². The Labute approximate surface area is 447 Å². The molecule has 0 aromatic heterocycles. The van der Waals surface area contributed by atoms with Gasteiger partial charge in [0.1, 0.15) is 51.7 Å². The van der Waals surface area contributed by atoms with E-state index in [4.69, 9.17) is 42.6 Å². The summed E-state index contributed by atoms with van der Waals surface area (Å²) in [5.41, 5.74) is 8.70. The van der Waals surface area contributed by atoms with Gasteiger partial charge >= 0.3 is 0 Å². The van der Waals surface area contributed by atoms with Crippen LogP contribution in [-0.2, 0) is 15.9 Å². The van der Waals surface area contributed by atoms with E-state index in [2.05, 4.69) is 218 Å². The molecule has 0 saturated heterocycles. The molecule has 0 saturated carbocycles. The number of methoxy groups -OCH3 is 9. The van der Waals surface area contributed by atoms with Crippen molar-refractivity contribution in [3.05, 3.63) is 268 Å². The van der Waals surface area contributed by atoms with Crippen molar-refractivity contribution in [2.45, 2.75) is 15.9 Å². The lowest BCUT2D eigenvalue weighted by Gasteiger charge is -2.59. The number of hydrogen-bond donors (Lipinski definition) is 0. The zero-order valence-electron chi connectivity index (χ0n) is 44.5. The summed E-state index contributed by atoms with van der Waals surface area (Å²) in [5.74, 6) is 6.35. The van der Waals surface area contributed by atoms with E-state index in [9.17, 15) is 0 Å². The lowest BCUT2D eigenvalue weighted by atomic mass is 9.07. The van der Waals surface area contributed by atoms with Gasteiger partial charge in [-0.25, -0.2) is 0 Å². The fourth-order valence-electron chi connectivity index (χ4n) is 11.7. The van der Waals surface area contributed by atoms with Crippen LogP contribution in [0.2, 0.25) is 0 Å². The second-order valence-corrected chi connectivity index (χ2v) is 18.4. The van der Waals surface area contributed by atoms with Gasteiger partial charge in [-0.2, -0.15) is 0 Å². The minimum absolute atomic E-state index is 0.706. The van der Waals surface area contributed by atoms with Gasteiger partial charge in [-0.1, -0.05) is 109 Å². The van der Waals surface area contributed by atoms with Gasteiger partial charge in [0, 0.05) is 15.9 Å². The summed E-state index contributed by atoms with van der Waals surface area (Å²) in [7, 11) is 15.3. The molecule has 0 N–H and O–H groups in total. The molecular weight excluding hydrogens is 948 g/mol. The van der Waals surface area contributed by atoms with Gasteiger partial charge in [0.25, 0.3) is 0 Å². The van der Waals surface area contributed by atoms with Crippen LogP contribution in [0, 0.1) is 0 Å². The maximum absolute atomic E-state index is 5.99. The Morgan fingerprint density at radius 1 is 0.171 bits per heavy atom. The van der Waals surface area contributed by atoms with E-state index in [1.807, 2.05) is 0 Å². The van der Waals surface area contributed by atoms with Crippen molar-refractivity contribution in [2.75, 3.05) is 64.0 Å². The van der Waals surface area contributed by atoms with E-state index in [0.717, 1.165) is 50.1 Å². The highest BCUT2D eigenvalue weighted by molar-refractivity contribution is 6.74. The first kappa shape index (κ1) is 52.1. The molecule has 9 nitrogen and oxygen atoms in total. The Morgan fingerprint density at radius 2 is 0.263 bits per heavy atom. The molecule has 0 bridgehead atoms. The second-order valence-electron chi connectivity index (χ2n) is 18.4. The van der Waals surface area contributed by atoms with E-state index in [0.29, 0.717) is 51.7 Å². The number of benzene rings is 9. The molecule has 76 heavy (non-hydrogen) atoms. The predicted molar refractivity (Wildman–Crippen MR) is 302 cm³/mol. The maximum atomic E-state index is 5.99. The first-order valence-corrected chi connectivity index (χ1v) is 25.0. The van der Waals surface area contributed by atoms with Crippen LogP contribution >= 0.6 is 0 Å². The van der Waals surface area contributed by atoms with E-state index in [1.165, 1.54) is 0 Å². The lowest BCUT2D eigenvalue weighted by Crippen LogP contribution is -2.69. The van der Waals surface area contributed by atoms with E-state index < -0.39 is 22.7 Å². The monoisotopic (exact) mass is 1010 g/mol. The van der Waals surface area contributed by atoms with Crippen molar-refractivity contribution in [1.29, 1.82) is 0 Å². The standard InChI is InChI=1S/C66H63BO9/c1-68-55-28-10-46(11-29-55)64(47-12-30-56(69-2)31-13-47,48-14-32-57(70-3)33-15-48)67(65(49-16-34-58(71-4)35-17-49,50-18-36-59(72-5)37-19-50)51-20-38-60(73-6)39-21-51)66(52-22-40-61(74-7)41-23-52,53-24-42-62(75-8)43-25-53)54-26-44-63(76-9)45-27-54/h10-45H,1-9H3. The molecule has 9 aromatic rings. The number of ether oxygens (including phenoxy) is 9. The Balaban J connectivity index is 1.70. The fourth-order valence-corrected chi connectivity index (χ4v) is 11.7. The molecule has 0 spiro atoms. The van der Waals surface area contributed by atoms with Crippen LogP contribution in [-0.4, -0.2) is 70.7 Å². The first-order chi connectivity index (χ1) is 37.2. The quantitative estimate of drug-likeness (QED) is 0.0516. The Hall–Kier alpha value is -8.76. The average Bonchev–Trinajstić information content (AvgIpc) is 3.67. The normalized spacial score (nSPS) is 11.5. The molecule has 0 fully saturated rings. The Kier molecular flexibility index (Phi) is 15.6. The van der Waals surface area contributed by atoms with Gasteiger partial charge in [0.05, 0.1) is 64.0 Å². The van der Waals surface area contributed by atoms with Crippen molar-refractivity contribution in [1.82, 2.24) is 0 Å². The zero-order valence-corrected chi connectivity index (χ0v) is 44.5. The molecule has 9 rings (SSSR count). The molecule has 0 atom stereocenters. The number of hydrogen-bond acceptors (Lipinski definition) is 9. The van der Waals surface area contributed by atoms with Crippen molar-refractivity contribution < 1.29 is 42.6 Å². The molecule has 384 valence electrons. The lowest BCUT2D eigenvalue weighted by molar-refractivity contribution is 0.414. The van der Waals surface area contributed by atoms with Gasteiger partial charge in [-0.3, -0.25) is 0 Å². The van der Waals surface area contributed by atoms with Gasteiger partial charge in [0.15, 0.2) is 0 Å². The second kappa shape index (κ2) is 22.8. The van der Waals surface area contributed by atoms with Gasteiger partial charge in [0.2, 0.25) is 6.71 Å². The summed E-state index contributed by atoms with van der Waals surface area (Å²) < 4.78 is 53.9. The van der Waals surface area contributed by atoms with E-state index in [1.54, 1.807) is 64.0 Å². The SMILES string of the molecule is COc1ccc(C(B(C(c2ccc(OC)cc2)(c2ccc(OC)cc2)c2ccc(OC)cc2)C(c2ccc(OC)cc2)(c2ccc(OC)cc2)c2ccc(OC)cc2)(c2ccc(OC)cc2)c2ccc(OC)cc2)cc1.